The number of benzene rings is 1. The number of aryl methyl sites for hydroxylation is 1. The molecule has 1 aromatic carbocycles. The van der Waals surface area contributed by atoms with Gasteiger partial charge in [-0.15, -0.1) is 6.58 Å². The zero-order chi connectivity index (χ0) is 11.5. The van der Waals surface area contributed by atoms with E-state index in [1.807, 2.05) is 6.92 Å². The molecule has 0 aliphatic heterocycles. The molecule has 1 N–H and O–H groups in total. The first-order valence-electron chi connectivity index (χ1n) is 4.67. The van der Waals surface area contributed by atoms with E-state index in [-0.39, 0.29) is 10.9 Å². The van der Waals surface area contributed by atoms with Gasteiger partial charge in [-0.3, -0.25) is 0 Å². The van der Waals surface area contributed by atoms with Gasteiger partial charge in [-0.05, 0) is 26.0 Å². The van der Waals surface area contributed by atoms with Crippen LogP contribution in [-0.4, -0.2) is 14.5 Å². The second kappa shape index (κ2) is 4.59. The summed E-state index contributed by atoms with van der Waals surface area (Å²) in [7, 11) is -3.41. The van der Waals surface area contributed by atoms with Crippen LogP contribution in [0.25, 0.3) is 0 Å². The van der Waals surface area contributed by atoms with E-state index in [9.17, 15) is 8.42 Å². The minimum atomic E-state index is -3.41. The van der Waals surface area contributed by atoms with Crippen LogP contribution < -0.4 is 4.72 Å². The molecule has 0 radical (unpaired) electrons. The zero-order valence-electron chi connectivity index (χ0n) is 8.90. The highest BCUT2D eigenvalue weighted by molar-refractivity contribution is 7.89. The zero-order valence-corrected chi connectivity index (χ0v) is 9.71. The van der Waals surface area contributed by atoms with E-state index in [1.165, 1.54) is 0 Å². The van der Waals surface area contributed by atoms with Crippen LogP contribution in [0, 0.1) is 6.92 Å². The second-order valence-electron chi connectivity index (χ2n) is 3.46. The molecule has 82 valence electrons. The van der Waals surface area contributed by atoms with Crippen molar-refractivity contribution in [2.75, 3.05) is 0 Å². The molecule has 0 saturated heterocycles. The minimum Gasteiger partial charge on any atom is -0.207 e. The van der Waals surface area contributed by atoms with Crippen LogP contribution >= 0.6 is 0 Å². The molecule has 1 atom stereocenters. The lowest BCUT2D eigenvalue weighted by atomic mass is 10.2. The van der Waals surface area contributed by atoms with Gasteiger partial charge in [-0.1, -0.05) is 23.8 Å². The average Bonchev–Trinajstić information content (AvgIpc) is 2.17. The molecule has 0 spiro atoms. The van der Waals surface area contributed by atoms with Crippen molar-refractivity contribution in [3.63, 3.8) is 0 Å². The van der Waals surface area contributed by atoms with Gasteiger partial charge in [-0.25, -0.2) is 13.1 Å². The summed E-state index contributed by atoms with van der Waals surface area (Å²) >= 11 is 0. The van der Waals surface area contributed by atoms with Crippen LogP contribution in [-0.2, 0) is 10.0 Å². The van der Waals surface area contributed by atoms with Crippen molar-refractivity contribution < 1.29 is 8.42 Å². The Hall–Kier alpha value is -1.13. The topological polar surface area (TPSA) is 46.2 Å². The first-order valence-corrected chi connectivity index (χ1v) is 6.15. The fraction of sp³-hybridized carbons (Fsp3) is 0.273. The minimum absolute atomic E-state index is 0.267. The third-order valence-corrected chi connectivity index (χ3v) is 3.60. The number of hydrogen-bond donors (Lipinski definition) is 1. The summed E-state index contributed by atoms with van der Waals surface area (Å²) in [6.07, 6.45) is 1.55. The van der Waals surface area contributed by atoms with Crippen molar-refractivity contribution in [2.45, 2.75) is 24.8 Å². The molecule has 0 heterocycles. The molecule has 1 rings (SSSR count). The fourth-order valence-electron chi connectivity index (χ4n) is 1.08. The molecule has 0 saturated carbocycles. The highest BCUT2D eigenvalue weighted by Crippen LogP contribution is 2.10. The molecule has 4 heteroatoms. The van der Waals surface area contributed by atoms with Crippen molar-refractivity contribution in [3.8, 4) is 0 Å². The van der Waals surface area contributed by atoms with Crippen LogP contribution in [0.15, 0.2) is 41.8 Å². The summed E-state index contributed by atoms with van der Waals surface area (Å²) in [4.78, 5) is 0.279. The summed E-state index contributed by atoms with van der Waals surface area (Å²) in [6.45, 7) is 7.17. The maximum Gasteiger partial charge on any atom is 0.241 e. The lowest BCUT2D eigenvalue weighted by Gasteiger charge is -2.10. The van der Waals surface area contributed by atoms with E-state index >= 15 is 0 Å². The van der Waals surface area contributed by atoms with Crippen molar-refractivity contribution in [1.29, 1.82) is 0 Å². The Morgan fingerprint density at radius 2 is 1.87 bits per heavy atom. The molecule has 0 aliphatic rings. The van der Waals surface area contributed by atoms with E-state index in [0.717, 1.165) is 5.56 Å². The molecule has 1 aromatic rings. The number of sulfonamides is 1. The van der Waals surface area contributed by atoms with Crippen LogP contribution in [0.1, 0.15) is 12.5 Å². The van der Waals surface area contributed by atoms with Crippen molar-refractivity contribution in [2.24, 2.45) is 0 Å². The second-order valence-corrected chi connectivity index (χ2v) is 5.17. The predicted octanol–water partition coefficient (Wildman–Crippen LogP) is 1.85. The van der Waals surface area contributed by atoms with Gasteiger partial charge in [0.15, 0.2) is 0 Å². The summed E-state index contributed by atoms with van der Waals surface area (Å²) in [5.74, 6) is 0. The number of nitrogens with one attached hydrogen (secondary N) is 1. The van der Waals surface area contributed by atoms with Gasteiger partial charge in [0, 0.05) is 6.04 Å². The van der Waals surface area contributed by atoms with Crippen LogP contribution in [0.4, 0.5) is 0 Å². The third-order valence-electron chi connectivity index (χ3n) is 2.03. The first kappa shape index (κ1) is 11.9. The monoisotopic (exact) mass is 225 g/mol. The average molecular weight is 225 g/mol. The van der Waals surface area contributed by atoms with Gasteiger partial charge in [0.2, 0.25) is 10.0 Å². The lowest BCUT2D eigenvalue weighted by Crippen LogP contribution is -2.30. The van der Waals surface area contributed by atoms with E-state index < -0.39 is 10.0 Å². The van der Waals surface area contributed by atoms with Gasteiger partial charge >= 0.3 is 0 Å². The van der Waals surface area contributed by atoms with Crippen LogP contribution in [0.2, 0.25) is 0 Å². The standard InChI is InChI=1S/C11H15NO2S/c1-4-10(3)12-15(13,14)11-7-5-9(2)6-8-11/h4-8,10,12H,1H2,2-3H3/t10-/m0/s1. The van der Waals surface area contributed by atoms with Crippen molar-refractivity contribution in [3.05, 3.63) is 42.5 Å². The Morgan fingerprint density at radius 1 is 1.33 bits per heavy atom. The van der Waals surface area contributed by atoms with Gasteiger partial charge in [0.25, 0.3) is 0 Å². The van der Waals surface area contributed by atoms with Gasteiger partial charge in [-0.2, -0.15) is 0 Å². The molecular formula is C11H15NO2S. The fourth-order valence-corrected chi connectivity index (χ4v) is 2.29. The summed E-state index contributed by atoms with van der Waals surface area (Å²) < 4.78 is 26.0. The van der Waals surface area contributed by atoms with Crippen molar-refractivity contribution in [1.82, 2.24) is 4.72 Å². The molecule has 0 fully saturated rings. The van der Waals surface area contributed by atoms with Crippen LogP contribution in [0.3, 0.4) is 0 Å². The SMILES string of the molecule is C=C[C@H](C)NS(=O)(=O)c1ccc(C)cc1. The first-order chi connectivity index (χ1) is 6.95. The Labute approximate surface area is 90.9 Å². The van der Waals surface area contributed by atoms with Gasteiger partial charge < -0.3 is 0 Å². The van der Waals surface area contributed by atoms with Gasteiger partial charge in [0.1, 0.15) is 0 Å². The van der Waals surface area contributed by atoms with E-state index in [1.54, 1.807) is 37.3 Å². The molecule has 3 nitrogen and oxygen atoms in total. The predicted molar refractivity (Wildman–Crippen MR) is 61.2 cm³/mol. The van der Waals surface area contributed by atoms with Gasteiger partial charge in [0.05, 0.1) is 4.90 Å². The highest BCUT2D eigenvalue weighted by Gasteiger charge is 2.14. The Bertz CT molecular complexity index is 434. The summed E-state index contributed by atoms with van der Waals surface area (Å²) in [5, 5.41) is 0. The summed E-state index contributed by atoms with van der Waals surface area (Å²) in [5.41, 5.74) is 1.03. The maximum atomic E-state index is 11.8. The lowest BCUT2D eigenvalue weighted by molar-refractivity contribution is 0.576. The quantitative estimate of drug-likeness (QED) is 0.795. The molecule has 0 amide bonds. The molecule has 0 aliphatic carbocycles. The Kier molecular flexibility index (Phi) is 3.66. The number of hydrogen-bond acceptors (Lipinski definition) is 2. The van der Waals surface area contributed by atoms with Crippen molar-refractivity contribution >= 4 is 10.0 Å². The Morgan fingerprint density at radius 3 is 2.33 bits per heavy atom. The highest BCUT2D eigenvalue weighted by atomic mass is 32.2. The van der Waals surface area contributed by atoms with E-state index in [0.29, 0.717) is 0 Å². The van der Waals surface area contributed by atoms with E-state index in [4.69, 9.17) is 0 Å². The normalized spacial score (nSPS) is 13.5. The molecule has 0 aromatic heterocycles. The van der Waals surface area contributed by atoms with E-state index in [2.05, 4.69) is 11.3 Å². The molecule has 0 unspecified atom stereocenters. The molecule has 0 bridgehead atoms. The smallest absolute Gasteiger partial charge is 0.207 e. The molecule has 15 heavy (non-hydrogen) atoms. The third kappa shape index (κ3) is 3.18. The summed E-state index contributed by atoms with van der Waals surface area (Å²) in [6, 6.07) is 6.46. The number of rotatable bonds is 4. The maximum absolute atomic E-state index is 11.8. The molecular weight excluding hydrogens is 210 g/mol. The van der Waals surface area contributed by atoms with Crippen LogP contribution in [0.5, 0.6) is 0 Å². The Balaban J connectivity index is 2.96. The largest absolute Gasteiger partial charge is 0.241 e.